The molecule has 6 nitrogen and oxygen atoms in total. The Bertz CT molecular complexity index is 960. The van der Waals surface area contributed by atoms with Gasteiger partial charge in [0, 0.05) is 44.5 Å². The largest absolute Gasteiger partial charge is 0.491 e. The molecule has 2 fully saturated rings. The molecule has 1 aromatic heterocycles. The standard InChI is InChI=1S/C26H35N3O3/c1-6-20-7-9-24(27-14-20)26(30)29-16-21-13-22(29)15-28(21)19(4)23-8-10-25(18(3)17(23)2)32-12-11-31-5/h7-10,14,19,21-22H,6,11-13,15-16H2,1-5H3/t19-,21-,22-/m0/s1. The van der Waals surface area contributed by atoms with E-state index in [1.54, 1.807) is 7.11 Å². The number of methoxy groups -OCH3 is 1. The topological polar surface area (TPSA) is 54.9 Å². The van der Waals surface area contributed by atoms with Crippen LogP contribution in [0.5, 0.6) is 5.75 Å². The van der Waals surface area contributed by atoms with Crippen LogP contribution in [0.3, 0.4) is 0 Å². The van der Waals surface area contributed by atoms with Crippen molar-refractivity contribution in [2.24, 2.45) is 0 Å². The Morgan fingerprint density at radius 2 is 1.94 bits per heavy atom. The van der Waals surface area contributed by atoms with Crippen molar-refractivity contribution in [3.05, 3.63) is 58.4 Å². The number of pyridine rings is 1. The predicted octanol–water partition coefficient (Wildman–Crippen LogP) is 3.95. The molecule has 4 rings (SSSR count). The molecule has 1 aromatic carbocycles. The Morgan fingerprint density at radius 3 is 2.56 bits per heavy atom. The van der Waals surface area contributed by atoms with Crippen molar-refractivity contribution in [1.29, 1.82) is 0 Å². The highest BCUT2D eigenvalue weighted by Crippen LogP contribution is 2.39. The molecule has 2 aliphatic heterocycles. The first kappa shape index (κ1) is 22.7. The fourth-order valence-electron chi connectivity index (χ4n) is 5.17. The zero-order valence-electron chi connectivity index (χ0n) is 19.9. The number of fused-ring (bicyclic) bond motifs is 2. The first-order valence-electron chi connectivity index (χ1n) is 11.7. The second-order valence-electron chi connectivity index (χ2n) is 9.02. The van der Waals surface area contributed by atoms with E-state index in [0.717, 1.165) is 37.2 Å². The molecule has 0 N–H and O–H groups in total. The van der Waals surface area contributed by atoms with Gasteiger partial charge in [-0.05, 0) is 68.0 Å². The van der Waals surface area contributed by atoms with Crippen LogP contribution in [0.4, 0.5) is 0 Å². The van der Waals surface area contributed by atoms with Crippen molar-refractivity contribution in [3.63, 3.8) is 0 Å². The number of piperazine rings is 1. The number of nitrogens with zero attached hydrogens (tertiary/aromatic N) is 3. The lowest BCUT2D eigenvalue weighted by atomic mass is 9.96. The molecule has 172 valence electrons. The van der Waals surface area contributed by atoms with Crippen LogP contribution in [0, 0.1) is 13.8 Å². The van der Waals surface area contributed by atoms with Gasteiger partial charge in [0.2, 0.25) is 0 Å². The number of hydrogen-bond acceptors (Lipinski definition) is 5. The van der Waals surface area contributed by atoms with Crippen LogP contribution >= 0.6 is 0 Å². The molecule has 2 aromatic rings. The minimum Gasteiger partial charge on any atom is -0.491 e. The van der Waals surface area contributed by atoms with E-state index in [1.807, 2.05) is 23.2 Å². The van der Waals surface area contributed by atoms with Gasteiger partial charge in [-0.1, -0.05) is 19.1 Å². The maximum absolute atomic E-state index is 13.0. The van der Waals surface area contributed by atoms with Gasteiger partial charge in [0.25, 0.3) is 5.91 Å². The molecule has 6 heteroatoms. The highest BCUT2D eigenvalue weighted by atomic mass is 16.5. The maximum Gasteiger partial charge on any atom is 0.272 e. The fourth-order valence-corrected chi connectivity index (χ4v) is 5.17. The van der Waals surface area contributed by atoms with Crippen molar-refractivity contribution in [2.75, 3.05) is 33.4 Å². The molecule has 3 heterocycles. The van der Waals surface area contributed by atoms with Gasteiger partial charge in [0.05, 0.1) is 6.61 Å². The molecular formula is C26H35N3O3. The minimum atomic E-state index is 0.0667. The number of aryl methyl sites for hydroxylation is 1. The number of carbonyl (C=O) groups excluding carboxylic acids is 1. The molecule has 0 radical (unpaired) electrons. The zero-order chi connectivity index (χ0) is 22.8. The normalized spacial score (nSPS) is 21.2. The maximum atomic E-state index is 13.0. The number of likely N-dealkylation sites (tertiary alicyclic amines) is 2. The second kappa shape index (κ2) is 9.59. The van der Waals surface area contributed by atoms with Crippen LogP contribution in [0.25, 0.3) is 0 Å². The van der Waals surface area contributed by atoms with Crippen molar-refractivity contribution in [1.82, 2.24) is 14.8 Å². The first-order chi connectivity index (χ1) is 15.4. The third-order valence-corrected chi connectivity index (χ3v) is 7.27. The number of amides is 1. The van der Waals surface area contributed by atoms with Crippen LogP contribution in [0.1, 0.15) is 59.1 Å². The Morgan fingerprint density at radius 1 is 1.12 bits per heavy atom. The fraction of sp³-hybridized carbons (Fsp3) is 0.538. The van der Waals surface area contributed by atoms with E-state index in [0.29, 0.717) is 31.0 Å². The molecule has 1 amide bonds. The highest BCUT2D eigenvalue weighted by Gasteiger charge is 2.47. The summed E-state index contributed by atoms with van der Waals surface area (Å²) in [5.74, 6) is 0.994. The number of rotatable bonds is 8. The predicted molar refractivity (Wildman–Crippen MR) is 125 cm³/mol. The van der Waals surface area contributed by atoms with Gasteiger partial charge in [-0.3, -0.25) is 14.7 Å². The van der Waals surface area contributed by atoms with Crippen LogP contribution in [0.15, 0.2) is 30.5 Å². The van der Waals surface area contributed by atoms with Crippen LogP contribution in [-0.2, 0) is 11.2 Å². The quantitative estimate of drug-likeness (QED) is 0.586. The van der Waals surface area contributed by atoms with Gasteiger partial charge < -0.3 is 14.4 Å². The zero-order valence-corrected chi connectivity index (χ0v) is 19.9. The van der Waals surface area contributed by atoms with Crippen molar-refractivity contribution < 1.29 is 14.3 Å². The lowest BCUT2D eigenvalue weighted by Gasteiger charge is -2.38. The Hall–Kier alpha value is -2.44. The van der Waals surface area contributed by atoms with E-state index in [2.05, 4.69) is 49.7 Å². The smallest absolute Gasteiger partial charge is 0.272 e. The number of benzene rings is 1. The van der Waals surface area contributed by atoms with Gasteiger partial charge in [0.15, 0.2) is 0 Å². The van der Waals surface area contributed by atoms with Crippen molar-refractivity contribution >= 4 is 5.91 Å². The summed E-state index contributed by atoms with van der Waals surface area (Å²) in [6, 6.07) is 9.12. The third kappa shape index (κ3) is 4.26. The van der Waals surface area contributed by atoms with Crippen LogP contribution in [0.2, 0.25) is 0 Å². The molecule has 3 atom stereocenters. The lowest BCUT2D eigenvalue weighted by molar-refractivity contribution is 0.0563. The van der Waals surface area contributed by atoms with Gasteiger partial charge >= 0.3 is 0 Å². The van der Waals surface area contributed by atoms with Crippen LogP contribution < -0.4 is 4.74 Å². The number of ether oxygens (including phenoxy) is 2. The van der Waals surface area contributed by atoms with E-state index in [4.69, 9.17) is 9.47 Å². The van der Waals surface area contributed by atoms with E-state index in [-0.39, 0.29) is 11.9 Å². The third-order valence-electron chi connectivity index (χ3n) is 7.27. The Balaban J connectivity index is 1.43. The van der Waals surface area contributed by atoms with E-state index in [9.17, 15) is 4.79 Å². The van der Waals surface area contributed by atoms with Gasteiger partial charge in [-0.15, -0.1) is 0 Å². The summed E-state index contributed by atoms with van der Waals surface area (Å²) in [7, 11) is 1.68. The lowest BCUT2D eigenvalue weighted by Crippen LogP contribution is -2.49. The summed E-state index contributed by atoms with van der Waals surface area (Å²) < 4.78 is 11.0. The summed E-state index contributed by atoms with van der Waals surface area (Å²) in [6.07, 6.45) is 3.80. The average molecular weight is 438 g/mol. The van der Waals surface area contributed by atoms with Crippen molar-refractivity contribution in [3.8, 4) is 5.75 Å². The Labute approximate surface area is 191 Å². The number of hydrogen-bond donors (Lipinski definition) is 0. The average Bonchev–Trinajstić information content (AvgIpc) is 3.42. The van der Waals surface area contributed by atoms with Gasteiger partial charge in [-0.25, -0.2) is 0 Å². The van der Waals surface area contributed by atoms with Gasteiger partial charge in [0.1, 0.15) is 18.1 Å². The molecular weight excluding hydrogens is 402 g/mol. The molecule has 2 bridgehead atoms. The summed E-state index contributed by atoms with van der Waals surface area (Å²) in [4.78, 5) is 22.1. The summed E-state index contributed by atoms with van der Waals surface area (Å²) >= 11 is 0. The van der Waals surface area contributed by atoms with Crippen LogP contribution in [-0.4, -0.2) is 66.2 Å². The minimum absolute atomic E-state index is 0.0667. The molecule has 2 saturated heterocycles. The second-order valence-corrected chi connectivity index (χ2v) is 9.02. The summed E-state index contributed by atoms with van der Waals surface area (Å²) in [5.41, 5.74) is 5.52. The SMILES string of the molecule is CCc1ccc(C(=O)N2C[C@@H]3C[C@H]2CN3[C@@H](C)c2ccc(OCCOC)c(C)c2C)nc1. The first-order valence-corrected chi connectivity index (χ1v) is 11.7. The Kier molecular flexibility index (Phi) is 6.82. The summed E-state index contributed by atoms with van der Waals surface area (Å²) in [6.45, 7) is 11.5. The number of aromatic nitrogens is 1. The monoisotopic (exact) mass is 437 g/mol. The molecule has 0 spiro atoms. The van der Waals surface area contributed by atoms with E-state index < -0.39 is 0 Å². The molecule has 0 unspecified atom stereocenters. The van der Waals surface area contributed by atoms with E-state index >= 15 is 0 Å². The van der Waals surface area contributed by atoms with E-state index in [1.165, 1.54) is 16.7 Å². The summed E-state index contributed by atoms with van der Waals surface area (Å²) in [5, 5.41) is 0. The van der Waals surface area contributed by atoms with Gasteiger partial charge in [-0.2, -0.15) is 0 Å². The molecule has 32 heavy (non-hydrogen) atoms. The van der Waals surface area contributed by atoms with Crippen molar-refractivity contribution in [2.45, 2.75) is 58.7 Å². The molecule has 0 aliphatic carbocycles. The highest BCUT2D eigenvalue weighted by molar-refractivity contribution is 5.93. The molecule has 2 aliphatic rings. The molecule has 0 saturated carbocycles. The number of carbonyl (C=O) groups is 1.